The van der Waals surface area contributed by atoms with Crippen molar-refractivity contribution >= 4 is 11.0 Å². The van der Waals surface area contributed by atoms with E-state index < -0.39 is 0 Å². The van der Waals surface area contributed by atoms with Crippen molar-refractivity contribution in [2.24, 2.45) is 5.41 Å². The monoisotopic (exact) mass is 791 g/mol. The summed E-state index contributed by atoms with van der Waals surface area (Å²) in [6.45, 7) is 0. The molecule has 0 radical (unpaired) electrons. The number of para-hydroxylation sites is 2. The van der Waals surface area contributed by atoms with Crippen molar-refractivity contribution in [3.63, 3.8) is 0 Å². The summed E-state index contributed by atoms with van der Waals surface area (Å²) in [6.07, 6.45) is 4.41. The fraction of sp³-hybridized carbons (Fsp3) is 0.122. The average molecular weight is 792 g/mol. The molecule has 5 nitrogen and oxygen atoms in total. The summed E-state index contributed by atoms with van der Waals surface area (Å²) in [6, 6.07) is 45.8. The quantitative estimate of drug-likeness (QED) is 0.177. The first-order chi connectivity index (χ1) is 22.6. The summed E-state index contributed by atoms with van der Waals surface area (Å²) >= 11 is 0. The zero-order valence-corrected chi connectivity index (χ0v) is 27.7. The molecule has 2 aliphatic carbocycles. The Hall–Kier alpha value is -4.99. The number of phenolic OH excluding ortho intramolecular Hbond substituents is 1. The number of ether oxygens (including phenoxy) is 1. The van der Waals surface area contributed by atoms with Crippen molar-refractivity contribution in [2.45, 2.75) is 25.7 Å². The van der Waals surface area contributed by atoms with Crippen molar-refractivity contribution in [1.82, 2.24) is 14.5 Å². The normalized spacial score (nSPS) is 14.1. The zero-order chi connectivity index (χ0) is 30.7. The summed E-state index contributed by atoms with van der Waals surface area (Å²) in [5.74, 6) is 1.91. The van der Waals surface area contributed by atoms with Gasteiger partial charge in [0.15, 0.2) is 5.75 Å². The molecule has 0 bridgehead atoms. The van der Waals surface area contributed by atoms with E-state index in [1.54, 1.807) is 6.07 Å². The number of hydrogen-bond acceptors (Lipinski definition) is 4. The molecule has 0 fully saturated rings. The van der Waals surface area contributed by atoms with E-state index in [0.717, 1.165) is 48.1 Å². The van der Waals surface area contributed by atoms with E-state index in [1.807, 2.05) is 72.8 Å². The Labute approximate surface area is 287 Å². The Bertz CT molecular complexity index is 2250. The first-order valence-corrected chi connectivity index (χ1v) is 15.7. The molecule has 2 aliphatic rings. The Kier molecular flexibility index (Phi) is 7.30. The number of imidazole rings is 1. The van der Waals surface area contributed by atoms with Gasteiger partial charge in [-0.3, -0.25) is 9.55 Å². The van der Waals surface area contributed by atoms with E-state index >= 15 is 0 Å². The van der Waals surface area contributed by atoms with Gasteiger partial charge < -0.3 is 9.84 Å². The standard InChI is InChI=1S/C41H30N3O2.Pt/c45-36-17-7-6-14-33(36)40-43-39-35(16-9-18-37(39)46-38-19-8-15-34(42-38)27-10-2-1-3-11-27)44(40)32-21-20-30-25-41(26-31(30)22-32)23-28-12-4-5-13-29(28)24-41;/h1-10,12-22,45H,23-26H2;/q-1;. The van der Waals surface area contributed by atoms with Crippen LogP contribution in [0.4, 0.5) is 0 Å². The minimum atomic E-state index is 0. The van der Waals surface area contributed by atoms with Crippen LogP contribution in [0.5, 0.6) is 17.4 Å². The van der Waals surface area contributed by atoms with E-state index in [9.17, 15) is 5.11 Å². The van der Waals surface area contributed by atoms with Gasteiger partial charge in [0, 0.05) is 26.8 Å². The van der Waals surface area contributed by atoms with Gasteiger partial charge in [-0.2, -0.15) is 0 Å². The van der Waals surface area contributed by atoms with E-state index in [2.05, 4.69) is 59.2 Å². The van der Waals surface area contributed by atoms with Crippen LogP contribution in [0.3, 0.4) is 0 Å². The number of aromatic hydroxyl groups is 1. The van der Waals surface area contributed by atoms with Crippen molar-refractivity contribution < 1.29 is 30.9 Å². The molecular formula is C41H30N3O2Pt-. The van der Waals surface area contributed by atoms with Crippen LogP contribution in [-0.2, 0) is 46.7 Å². The maximum atomic E-state index is 11.0. The van der Waals surface area contributed by atoms with E-state index in [4.69, 9.17) is 14.7 Å². The predicted molar refractivity (Wildman–Crippen MR) is 180 cm³/mol. The van der Waals surface area contributed by atoms with Gasteiger partial charge in [0.05, 0.1) is 11.1 Å². The van der Waals surface area contributed by atoms with Crippen molar-refractivity contribution in [3.8, 4) is 45.7 Å². The van der Waals surface area contributed by atoms with Crippen molar-refractivity contribution in [2.75, 3.05) is 0 Å². The number of hydrogen-bond donors (Lipinski definition) is 1. The Balaban J connectivity index is 0.00000324. The van der Waals surface area contributed by atoms with Crippen LogP contribution in [0.1, 0.15) is 22.3 Å². The molecule has 2 aromatic heterocycles. The Morgan fingerprint density at radius 1 is 0.681 bits per heavy atom. The largest absolute Gasteiger partial charge is 0.507 e. The van der Waals surface area contributed by atoms with Crippen molar-refractivity contribution in [1.29, 1.82) is 0 Å². The smallest absolute Gasteiger partial charge is 0.210 e. The van der Waals surface area contributed by atoms with Gasteiger partial charge in [0.1, 0.15) is 17.1 Å². The maximum absolute atomic E-state index is 11.0. The molecule has 2 heterocycles. The molecular weight excluding hydrogens is 762 g/mol. The Morgan fingerprint density at radius 3 is 2.19 bits per heavy atom. The van der Waals surface area contributed by atoms with Crippen LogP contribution in [0.25, 0.3) is 39.4 Å². The molecule has 0 aliphatic heterocycles. The van der Waals surface area contributed by atoms with Gasteiger partial charge in [-0.15, -0.1) is 35.9 Å². The van der Waals surface area contributed by atoms with E-state index in [0.29, 0.717) is 28.5 Å². The number of pyridine rings is 1. The first kappa shape index (κ1) is 29.4. The average Bonchev–Trinajstić information content (AvgIpc) is 3.77. The third kappa shape index (κ3) is 5.16. The molecule has 6 heteroatoms. The SMILES string of the molecule is Oc1ccccc1-c1nc2c(Oc3cccc(-c4[c-]cccc4)n3)cccc2n1-c1ccc2c(c1)CC1(Cc3ccccc3C1)C2.[Pt]. The minimum absolute atomic E-state index is 0. The summed E-state index contributed by atoms with van der Waals surface area (Å²) < 4.78 is 8.58. The minimum Gasteiger partial charge on any atom is -0.507 e. The molecule has 5 aromatic carbocycles. The molecule has 232 valence electrons. The zero-order valence-electron chi connectivity index (χ0n) is 25.5. The third-order valence-electron chi connectivity index (χ3n) is 9.54. The van der Waals surface area contributed by atoms with Crippen LogP contribution in [0.15, 0.2) is 127 Å². The molecule has 1 N–H and O–H groups in total. The van der Waals surface area contributed by atoms with Gasteiger partial charge >= 0.3 is 0 Å². The fourth-order valence-electron chi connectivity index (χ4n) is 7.53. The topological polar surface area (TPSA) is 60.2 Å². The molecule has 9 rings (SSSR count). The molecule has 1 spiro atoms. The molecule has 47 heavy (non-hydrogen) atoms. The Morgan fingerprint density at radius 2 is 1.40 bits per heavy atom. The summed E-state index contributed by atoms with van der Waals surface area (Å²) in [5, 5.41) is 11.0. The number of fused-ring (bicyclic) bond motifs is 3. The molecule has 0 atom stereocenters. The van der Waals surface area contributed by atoms with Crippen molar-refractivity contribution in [3.05, 3.63) is 156 Å². The van der Waals surface area contributed by atoms with Crippen LogP contribution in [0, 0.1) is 11.5 Å². The van der Waals surface area contributed by atoms with Gasteiger partial charge in [0.2, 0.25) is 5.88 Å². The van der Waals surface area contributed by atoms with E-state index in [-0.39, 0.29) is 32.2 Å². The van der Waals surface area contributed by atoms with Gasteiger partial charge in [-0.1, -0.05) is 60.7 Å². The third-order valence-corrected chi connectivity index (χ3v) is 9.54. The van der Waals surface area contributed by atoms with E-state index in [1.165, 1.54) is 22.3 Å². The molecule has 0 amide bonds. The van der Waals surface area contributed by atoms with Gasteiger partial charge in [0.25, 0.3) is 0 Å². The van der Waals surface area contributed by atoms with Crippen LogP contribution in [-0.4, -0.2) is 19.6 Å². The number of phenols is 1. The molecule has 0 saturated heterocycles. The summed E-state index contributed by atoms with van der Waals surface area (Å²) in [4.78, 5) is 9.90. The number of benzene rings is 5. The summed E-state index contributed by atoms with van der Waals surface area (Å²) in [5.41, 5.74) is 11.0. The molecule has 0 unspecified atom stereocenters. The maximum Gasteiger partial charge on any atom is 0.210 e. The first-order valence-electron chi connectivity index (χ1n) is 15.7. The second kappa shape index (κ2) is 11.7. The van der Waals surface area contributed by atoms with Crippen LogP contribution < -0.4 is 4.74 Å². The van der Waals surface area contributed by atoms with Gasteiger partial charge in [-0.25, -0.2) is 4.98 Å². The van der Waals surface area contributed by atoms with Gasteiger partial charge in [-0.05, 0) is 102 Å². The summed E-state index contributed by atoms with van der Waals surface area (Å²) in [7, 11) is 0. The van der Waals surface area contributed by atoms with Crippen LogP contribution in [0.2, 0.25) is 0 Å². The molecule has 7 aromatic rings. The fourth-order valence-corrected chi connectivity index (χ4v) is 7.53. The number of aromatic nitrogens is 3. The predicted octanol–water partition coefficient (Wildman–Crippen LogP) is 8.93. The van der Waals surface area contributed by atoms with Crippen LogP contribution >= 0.6 is 0 Å². The second-order valence-electron chi connectivity index (χ2n) is 12.6. The molecule has 0 saturated carbocycles. The number of rotatable bonds is 5. The number of nitrogens with zero attached hydrogens (tertiary/aromatic N) is 3. The second-order valence-corrected chi connectivity index (χ2v) is 12.6.